The Hall–Kier alpha value is -0.570. The molecule has 0 rings (SSSR count). The highest BCUT2D eigenvalue weighted by molar-refractivity contribution is 5.69. The topological polar surface area (TPSA) is 35.5 Å². The van der Waals surface area contributed by atoms with Crippen LogP contribution in [0.3, 0.4) is 0 Å². The molecule has 0 spiro atoms. The summed E-state index contributed by atoms with van der Waals surface area (Å²) in [5.74, 6) is -0.0522. The molecule has 3 heteroatoms. The summed E-state index contributed by atoms with van der Waals surface area (Å²) in [5.41, 5.74) is 0. The molecule has 0 atom stereocenters. The second kappa shape index (κ2) is 16.8. The molecule has 3 nitrogen and oxygen atoms in total. The Morgan fingerprint density at radius 3 is 1.88 bits per heavy atom. The number of hydrogen-bond donors (Lipinski definition) is 0. The molecule has 0 aromatic carbocycles. The van der Waals surface area contributed by atoms with Gasteiger partial charge in [0.25, 0.3) is 0 Å². The van der Waals surface area contributed by atoms with Crippen LogP contribution in [-0.4, -0.2) is 25.8 Å². The molecule has 0 unspecified atom stereocenters. The Morgan fingerprint density at radius 2 is 1.50 bits per heavy atom. The molecule has 98 valence electrons. The molecular formula is C13H28O3. The lowest BCUT2D eigenvalue weighted by molar-refractivity contribution is -0.143. The van der Waals surface area contributed by atoms with E-state index in [0.29, 0.717) is 13.0 Å². The highest BCUT2D eigenvalue weighted by Crippen LogP contribution is 2.02. The van der Waals surface area contributed by atoms with Gasteiger partial charge >= 0.3 is 5.97 Å². The largest absolute Gasteiger partial charge is 0.466 e. The molecule has 0 aromatic rings. The summed E-state index contributed by atoms with van der Waals surface area (Å²) < 4.78 is 9.62. The third kappa shape index (κ3) is 19.1. The van der Waals surface area contributed by atoms with Gasteiger partial charge in [0.05, 0.1) is 6.61 Å². The van der Waals surface area contributed by atoms with E-state index in [4.69, 9.17) is 9.47 Å². The summed E-state index contributed by atoms with van der Waals surface area (Å²) in [6.45, 7) is 10.2. The van der Waals surface area contributed by atoms with Gasteiger partial charge in [-0.2, -0.15) is 0 Å². The lowest BCUT2D eigenvalue weighted by Gasteiger charge is -2.00. The Morgan fingerprint density at radius 1 is 0.875 bits per heavy atom. The van der Waals surface area contributed by atoms with Gasteiger partial charge in [-0.15, -0.1) is 0 Å². The highest BCUT2D eigenvalue weighted by atomic mass is 16.5. The molecule has 0 aromatic heterocycles. The predicted octanol–water partition coefficient (Wildman–Crippen LogP) is 3.56. The van der Waals surface area contributed by atoms with Crippen molar-refractivity contribution in [3.05, 3.63) is 0 Å². The third-order valence-corrected chi connectivity index (χ3v) is 1.95. The van der Waals surface area contributed by atoms with Crippen molar-refractivity contribution in [1.82, 2.24) is 0 Å². The number of unbranched alkanes of at least 4 members (excludes halogenated alkanes) is 3. The second-order valence-electron chi connectivity index (χ2n) is 3.40. The smallest absolute Gasteiger partial charge is 0.305 e. The zero-order chi connectivity index (χ0) is 12.6. The molecule has 0 radical (unpaired) electrons. The first-order valence-corrected chi connectivity index (χ1v) is 6.46. The number of hydrogen-bond acceptors (Lipinski definition) is 3. The van der Waals surface area contributed by atoms with Crippen molar-refractivity contribution in [2.24, 2.45) is 0 Å². The van der Waals surface area contributed by atoms with Crippen LogP contribution in [-0.2, 0) is 14.3 Å². The van der Waals surface area contributed by atoms with Crippen LogP contribution in [0.5, 0.6) is 0 Å². The van der Waals surface area contributed by atoms with Gasteiger partial charge < -0.3 is 9.47 Å². The predicted molar refractivity (Wildman–Crippen MR) is 67.6 cm³/mol. The molecule has 0 aliphatic rings. The SMILES string of the molecule is CCCCCCC(=O)OCC.CCOCC. The van der Waals surface area contributed by atoms with Gasteiger partial charge in [-0.3, -0.25) is 4.79 Å². The van der Waals surface area contributed by atoms with Gasteiger partial charge in [0.1, 0.15) is 0 Å². The normalized spacial score (nSPS) is 9.25. The van der Waals surface area contributed by atoms with Gasteiger partial charge in [-0.1, -0.05) is 26.2 Å². The second-order valence-corrected chi connectivity index (χ2v) is 3.40. The van der Waals surface area contributed by atoms with Gasteiger partial charge in [-0.05, 0) is 27.2 Å². The molecule has 0 heterocycles. The average molecular weight is 232 g/mol. The van der Waals surface area contributed by atoms with E-state index in [9.17, 15) is 4.79 Å². The maximum Gasteiger partial charge on any atom is 0.305 e. The first-order valence-electron chi connectivity index (χ1n) is 6.46. The minimum absolute atomic E-state index is 0.0522. The van der Waals surface area contributed by atoms with E-state index in [1.807, 2.05) is 20.8 Å². The molecule has 0 aliphatic heterocycles. The Kier molecular flexibility index (Phi) is 18.8. The highest BCUT2D eigenvalue weighted by Gasteiger charge is 1.99. The zero-order valence-electron chi connectivity index (χ0n) is 11.4. The fourth-order valence-corrected chi connectivity index (χ4v) is 1.13. The van der Waals surface area contributed by atoms with Crippen molar-refractivity contribution in [2.75, 3.05) is 19.8 Å². The fourth-order valence-electron chi connectivity index (χ4n) is 1.13. The van der Waals surface area contributed by atoms with E-state index in [0.717, 1.165) is 26.1 Å². The van der Waals surface area contributed by atoms with Crippen molar-refractivity contribution < 1.29 is 14.3 Å². The van der Waals surface area contributed by atoms with E-state index in [1.54, 1.807) is 0 Å². The van der Waals surface area contributed by atoms with Gasteiger partial charge in [0.15, 0.2) is 0 Å². The fraction of sp³-hybridized carbons (Fsp3) is 0.923. The lowest BCUT2D eigenvalue weighted by atomic mass is 10.2. The number of carbonyl (C=O) groups excluding carboxylic acids is 1. The molecule has 0 amide bonds. The van der Waals surface area contributed by atoms with Crippen LogP contribution in [0.4, 0.5) is 0 Å². The quantitative estimate of drug-likeness (QED) is 0.474. The molecule has 0 fully saturated rings. The van der Waals surface area contributed by atoms with Gasteiger partial charge in [0.2, 0.25) is 0 Å². The first kappa shape index (κ1) is 17.8. The minimum atomic E-state index is -0.0522. The van der Waals surface area contributed by atoms with Crippen LogP contribution in [0.2, 0.25) is 0 Å². The molecular weight excluding hydrogens is 204 g/mol. The number of ether oxygens (including phenoxy) is 2. The number of carbonyl (C=O) groups is 1. The number of rotatable bonds is 8. The maximum absolute atomic E-state index is 10.8. The Balaban J connectivity index is 0. The van der Waals surface area contributed by atoms with Gasteiger partial charge in [-0.25, -0.2) is 0 Å². The summed E-state index contributed by atoms with van der Waals surface area (Å²) in [4.78, 5) is 10.8. The van der Waals surface area contributed by atoms with E-state index >= 15 is 0 Å². The van der Waals surface area contributed by atoms with Crippen molar-refractivity contribution in [1.29, 1.82) is 0 Å². The molecule has 0 saturated heterocycles. The Bertz CT molecular complexity index is 133. The summed E-state index contributed by atoms with van der Waals surface area (Å²) in [6.07, 6.45) is 5.15. The van der Waals surface area contributed by atoms with Crippen LogP contribution in [0.15, 0.2) is 0 Å². The van der Waals surface area contributed by atoms with Crippen LogP contribution >= 0.6 is 0 Å². The number of esters is 1. The third-order valence-electron chi connectivity index (χ3n) is 1.95. The van der Waals surface area contributed by atoms with Crippen molar-refractivity contribution in [3.8, 4) is 0 Å². The minimum Gasteiger partial charge on any atom is -0.466 e. The van der Waals surface area contributed by atoms with Crippen LogP contribution in [0, 0.1) is 0 Å². The monoisotopic (exact) mass is 232 g/mol. The van der Waals surface area contributed by atoms with E-state index in [-0.39, 0.29) is 5.97 Å². The lowest BCUT2D eigenvalue weighted by Crippen LogP contribution is -2.02. The molecule has 0 aliphatic carbocycles. The van der Waals surface area contributed by atoms with Gasteiger partial charge in [0, 0.05) is 19.6 Å². The molecule has 0 bridgehead atoms. The van der Waals surface area contributed by atoms with E-state index < -0.39 is 0 Å². The summed E-state index contributed by atoms with van der Waals surface area (Å²) in [6, 6.07) is 0. The molecule has 16 heavy (non-hydrogen) atoms. The van der Waals surface area contributed by atoms with Crippen molar-refractivity contribution in [3.63, 3.8) is 0 Å². The summed E-state index contributed by atoms with van der Waals surface area (Å²) >= 11 is 0. The van der Waals surface area contributed by atoms with E-state index in [1.165, 1.54) is 12.8 Å². The van der Waals surface area contributed by atoms with Crippen molar-refractivity contribution in [2.45, 2.75) is 59.8 Å². The Labute approximate surface area is 101 Å². The first-order chi connectivity index (χ1) is 7.72. The summed E-state index contributed by atoms with van der Waals surface area (Å²) in [7, 11) is 0. The summed E-state index contributed by atoms with van der Waals surface area (Å²) in [5, 5.41) is 0. The maximum atomic E-state index is 10.8. The van der Waals surface area contributed by atoms with Crippen LogP contribution in [0.1, 0.15) is 59.8 Å². The van der Waals surface area contributed by atoms with Crippen LogP contribution < -0.4 is 0 Å². The van der Waals surface area contributed by atoms with Crippen LogP contribution in [0.25, 0.3) is 0 Å². The standard InChI is InChI=1S/C9H18O2.C4H10O/c1-3-5-6-7-8-9(10)11-4-2;1-3-5-4-2/h3-8H2,1-2H3;3-4H2,1-2H3. The molecule has 0 N–H and O–H groups in total. The zero-order valence-corrected chi connectivity index (χ0v) is 11.4. The van der Waals surface area contributed by atoms with E-state index in [2.05, 4.69) is 6.92 Å². The average Bonchev–Trinajstić information content (AvgIpc) is 2.27. The molecule has 0 saturated carbocycles. The van der Waals surface area contributed by atoms with Crippen molar-refractivity contribution >= 4 is 5.97 Å².